The van der Waals surface area contributed by atoms with Crippen molar-refractivity contribution in [1.29, 1.82) is 0 Å². The molecule has 0 aromatic carbocycles. The number of rotatable bonds is 3. The van der Waals surface area contributed by atoms with Gasteiger partial charge in [-0.15, -0.1) is 0 Å². The Morgan fingerprint density at radius 2 is 2.15 bits per heavy atom. The van der Waals surface area contributed by atoms with Crippen LogP contribution < -0.4 is 11.2 Å². The Morgan fingerprint density at radius 1 is 1.45 bits per heavy atom. The lowest BCUT2D eigenvalue weighted by Gasteiger charge is -2.15. The molecule has 1 aliphatic rings. The molecular weight excluding hydrogens is 275 g/mol. The maximum Gasteiger partial charge on any atom is 0.330 e. The number of nitrogens with one attached hydrogen (secondary N) is 1. The van der Waals surface area contributed by atoms with Gasteiger partial charge in [-0.3, -0.25) is 14.3 Å². The Morgan fingerprint density at radius 3 is 2.70 bits per heavy atom. The van der Waals surface area contributed by atoms with E-state index in [9.17, 15) is 19.1 Å². The molecule has 9 heteroatoms. The highest BCUT2D eigenvalue weighted by atomic mass is 19.1. The molecule has 4 N–H and O–H groups in total. The number of ether oxygens (including phenoxy) is 1. The predicted octanol–water partition coefficient (Wildman–Crippen LogP) is -1.87. The molecule has 0 amide bonds. The largest absolute Gasteiger partial charge is 0.394 e. The molecule has 3 atom stereocenters. The van der Waals surface area contributed by atoms with Gasteiger partial charge in [0, 0.05) is 11.8 Å². The summed E-state index contributed by atoms with van der Waals surface area (Å²) in [7, 11) is 0. The van der Waals surface area contributed by atoms with Gasteiger partial charge < -0.3 is 20.1 Å². The van der Waals surface area contributed by atoms with Crippen LogP contribution in [0.15, 0.2) is 27.7 Å². The second-order valence-corrected chi connectivity index (χ2v) is 4.24. The fraction of sp³-hybridized carbons (Fsp3) is 0.455. The Bertz CT molecular complexity index is 637. The summed E-state index contributed by atoms with van der Waals surface area (Å²) in [4.78, 5) is 25.0. The second-order valence-electron chi connectivity index (χ2n) is 4.24. The summed E-state index contributed by atoms with van der Waals surface area (Å²) < 4.78 is 18.9. The first-order chi connectivity index (χ1) is 9.53. The molecule has 0 spiro atoms. The number of hydrogen-bond donors (Lipinski definition) is 4. The van der Waals surface area contributed by atoms with Gasteiger partial charge in [0.05, 0.1) is 25.1 Å². The van der Waals surface area contributed by atoms with Gasteiger partial charge in [0.2, 0.25) is 0 Å². The summed E-state index contributed by atoms with van der Waals surface area (Å²) in [6, 6.07) is 0. The summed E-state index contributed by atoms with van der Waals surface area (Å²) in [5.41, 5.74) is -2.03. The monoisotopic (exact) mass is 288 g/mol. The number of nitrogens with zero attached hydrogens (tertiary/aromatic N) is 1. The molecule has 1 aromatic rings. The van der Waals surface area contributed by atoms with Crippen molar-refractivity contribution in [2.24, 2.45) is 0 Å². The minimum Gasteiger partial charge on any atom is -0.394 e. The van der Waals surface area contributed by atoms with Gasteiger partial charge in [0.1, 0.15) is 12.2 Å². The molecule has 110 valence electrons. The number of H-pyrrole nitrogens is 1. The van der Waals surface area contributed by atoms with Gasteiger partial charge in [0.25, 0.3) is 5.56 Å². The van der Waals surface area contributed by atoms with E-state index in [0.717, 1.165) is 10.8 Å². The first-order valence-electron chi connectivity index (χ1n) is 5.73. The van der Waals surface area contributed by atoms with Crippen LogP contribution in [-0.2, 0) is 11.3 Å². The highest BCUT2D eigenvalue weighted by molar-refractivity contribution is 5.18. The van der Waals surface area contributed by atoms with Crippen LogP contribution in [-0.4, -0.2) is 43.7 Å². The molecule has 0 aliphatic carbocycles. The van der Waals surface area contributed by atoms with Crippen LogP contribution in [0.3, 0.4) is 0 Å². The topological polar surface area (TPSA) is 125 Å². The molecule has 1 saturated heterocycles. The van der Waals surface area contributed by atoms with Gasteiger partial charge in [-0.25, -0.2) is 9.18 Å². The number of aromatic amines is 1. The fourth-order valence-electron chi connectivity index (χ4n) is 1.98. The summed E-state index contributed by atoms with van der Waals surface area (Å²) in [6.45, 7) is -1.19. The number of aliphatic hydroxyl groups is 3. The van der Waals surface area contributed by atoms with Gasteiger partial charge in [0.15, 0.2) is 6.23 Å². The lowest BCUT2D eigenvalue weighted by molar-refractivity contribution is -0.0449. The fourth-order valence-corrected chi connectivity index (χ4v) is 1.98. The molecular formula is C11H13FN2O6. The van der Waals surface area contributed by atoms with E-state index in [0.29, 0.717) is 0 Å². The SMILES string of the molecule is O=c1[nH]c(=O)n([C@@H]2O[C@H](CO)[C@@H](O)/C2=C/F)cc1CO. The summed E-state index contributed by atoms with van der Waals surface area (Å²) >= 11 is 0. The average Bonchev–Trinajstić information content (AvgIpc) is 2.75. The van der Waals surface area contributed by atoms with E-state index >= 15 is 0 Å². The molecule has 1 aromatic heterocycles. The van der Waals surface area contributed by atoms with Gasteiger partial charge >= 0.3 is 5.69 Å². The normalized spacial score (nSPS) is 28.2. The standard InChI is InChI=1S/C11H13FN2O6/c12-1-6-8(17)7(4-16)20-10(6)14-2-5(3-15)9(18)13-11(14)19/h1-2,7-8,10,15-17H,3-4H2,(H,13,18,19)/b6-1-/t7-,8+,10-/m1/s1. The zero-order valence-corrected chi connectivity index (χ0v) is 10.2. The zero-order chi connectivity index (χ0) is 14.9. The van der Waals surface area contributed by atoms with E-state index in [1.807, 2.05) is 4.98 Å². The average molecular weight is 288 g/mol. The van der Waals surface area contributed by atoms with Crippen LogP contribution in [0.4, 0.5) is 4.39 Å². The quantitative estimate of drug-likeness (QED) is 0.516. The van der Waals surface area contributed by atoms with Crippen LogP contribution in [0, 0.1) is 0 Å². The molecule has 20 heavy (non-hydrogen) atoms. The van der Waals surface area contributed by atoms with Crippen LogP contribution in [0.1, 0.15) is 11.8 Å². The van der Waals surface area contributed by atoms with Crippen LogP contribution >= 0.6 is 0 Å². The first kappa shape index (κ1) is 14.6. The van der Waals surface area contributed by atoms with Crippen molar-refractivity contribution in [3.8, 4) is 0 Å². The molecule has 1 aliphatic heterocycles. The van der Waals surface area contributed by atoms with Crippen molar-refractivity contribution < 1.29 is 24.4 Å². The van der Waals surface area contributed by atoms with Crippen molar-refractivity contribution in [3.05, 3.63) is 44.5 Å². The van der Waals surface area contributed by atoms with Crippen LogP contribution in [0.2, 0.25) is 0 Å². The molecule has 1 fully saturated rings. The third-order valence-corrected chi connectivity index (χ3v) is 3.05. The minimum absolute atomic E-state index is 0.0845. The molecule has 8 nitrogen and oxygen atoms in total. The molecule has 2 rings (SSSR count). The lowest BCUT2D eigenvalue weighted by atomic mass is 10.1. The third kappa shape index (κ3) is 2.31. The van der Waals surface area contributed by atoms with Crippen molar-refractivity contribution in [2.75, 3.05) is 6.61 Å². The van der Waals surface area contributed by atoms with E-state index in [2.05, 4.69) is 0 Å². The first-order valence-corrected chi connectivity index (χ1v) is 5.73. The highest BCUT2D eigenvalue weighted by Crippen LogP contribution is 2.33. The Kier molecular flexibility index (Phi) is 4.14. The Labute approximate surface area is 111 Å². The molecule has 2 heterocycles. The van der Waals surface area contributed by atoms with Gasteiger partial charge in [-0.2, -0.15) is 0 Å². The Balaban J connectivity index is 2.51. The van der Waals surface area contributed by atoms with Gasteiger partial charge in [-0.05, 0) is 0 Å². The minimum atomic E-state index is -1.41. The van der Waals surface area contributed by atoms with Crippen molar-refractivity contribution >= 4 is 0 Å². The van der Waals surface area contributed by atoms with E-state index in [4.69, 9.17) is 14.9 Å². The van der Waals surface area contributed by atoms with Crippen molar-refractivity contribution in [1.82, 2.24) is 9.55 Å². The number of aliphatic hydroxyl groups excluding tert-OH is 3. The molecule has 0 bridgehead atoms. The summed E-state index contributed by atoms with van der Waals surface area (Å²) in [6.07, 6.45) is -2.70. The predicted molar refractivity (Wildman–Crippen MR) is 63.4 cm³/mol. The van der Waals surface area contributed by atoms with E-state index in [1.165, 1.54) is 0 Å². The highest BCUT2D eigenvalue weighted by Gasteiger charge is 2.40. The molecule has 0 radical (unpaired) electrons. The lowest BCUT2D eigenvalue weighted by Crippen LogP contribution is -2.34. The number of hydrogen-bond acceptors (Lipinski definition) is 6. The van der Waals surface area contributed by atoms with Crippen LogP contribution in [0.5, 0.6) is 0 Å². The van der Waals surface area contributed by atoms with Crippen molar-refractivity contribution in [2.45, 2.75) is 25.0 Å². The maximum atomic E-state index is 12.9. The zero-order valence-electron chi connectivity index (χ0n) is 10.2. The third-order valence-electron chi connectivity index (χ3n) is 3.05. The second kappa shape index (κ2) is 5.67. The van der Waals surface area contributed by atoms with E-state index in [1.54, 1.807) is 0 Å². The van der Waals surface area contributed by atoms with Crippen LogP contribution in [0.25, 0.3) is 0 Å². The maximum absolute atomic E-state index is 12.9. The number of halogens is 1. The van der Waals surface area contributed by atoms with E-state index < -0.39 is 42.9 Å². The Hall–Kier alpha value is -1.81. The summed E-state index contributed by atoms with van der Waals surface area (Å²) in [5, 5.41) is 27.7. The molecule has 0 unspecified atom stereocenters. The van der Waals surface area contributed by atoms with Gasteiger partial charge in [-0.1, -0.05) is 0 Å². The van der Waals surface area contributed by atoms with E-state index in [-0.39, 0.29) is 17.5 Å². The number of aromatic nitrogens is 2. The summed E-state index contributed by atoms with van der Waals surface area (Å²) in [5.74, 6) is 0. The smallest absolute Gasteiger partial charge is 0.330 e. The van der Waals surface area contributed by atoms with Crippen molar-refractivity contribution in [3.63, 3.8) is 0 Å². The molecule has 0 saturated carbocycles.